The lowest BCUT2D eigenvalue weighted by Gasteiger charge is -2.32. The van der Waals surface area contributed by atoms with Gasteiger partial charge in [-0.25, -0.2) is 17.2 Å². The van der Waals surface area contributed by atoms with E-state index in [2.05, 4.69) is 0 Å². The molecular formula is C24H24F2N2O5S. The van der Waals surface area contributed by atoms with Crippen LogP contribution in [0.15, 0.2) is 53.5 Å². The van der Waals surface area contributed by atoms with Crippen molar-refractivity contribution in [1.29, 1.82) is 0 Å². The Morgan fingerprint density at radius 3 is 2.41 bits per heavy atom. The molecule has 0 atom stereocenters. The molecule has 180 valence electrons. The van der Waals surface area contributed by atoms with E-state index in [0.29, 0.717) is 41.7 Å². The Bertz CT molecular complexity index is 1370. The number of ether oxygens (including phenoxy) is 2. The quantitative estimate of drug-likeness (QED) is 0.503. The van der Waals surface area contributed by atoms with E-state index in [1.54, 1.807) is 38.4 Å². The maximum Gasteiger partial charge on any atom is 0.253 e. The number of nitrogens with zero attached hydrogens (tertiary/aromatic N) is 2. The fourth-order valence-electron chi connectivity index (χ4n) is 3.75. The number of pyridine rings is 1. The predicted octanol–water partition coefficient (Wildman–Crippen LogP) is 3.84. The number of aryl methyl sites for hydroxylation is 2. The van der Waals surface area contributed by atoms with Gasteiger partial charge in [0.15, 0.2) is 11.6 Å². The summed E-state index contributed by atoms with van der Waals surface area (Å²) in [6.45, 7) is 2.86. The number of sulfonamides is 1. The molecule has 3 aromatic rings. The average Bonchev–Trinajstić information content (AvgIpc) is 2.72. The van der Waals surface area contributed by atoms with E-state index in [4.69, 9.17) is 9.47 Å². The monoisotopic (exact) mass is 490 g/mol. The van der Waals surface area contributed by atoms with Gasteiger partial charge in [-0.05, 0) is 43.3 Å². The number of hydrogen-bond donors (Lipinski definition) is 0. The number of aromatic nitrogens is 1. The number of benzene rings is 2. The van der Waals surface area contributed by atoms with Crippen molar-refractivity contribution in [3.63, 3.8) is 0 Å². The first kappa shape index (κ1) is 23.9. The Morgan fingerprint density at radius 2 is 1.82 bits per heavy atom. The van der Waals surface area contributed by atoms with E-state index in [1.165, 1.54) is 21.0 Å². The van der Waals surface area contributed by atoms with E-state index >= 15 is 0 Å². The maximum atomic E-state index is 14.3. The van der Waals surface area contributed by atoms with Crippen LogP contribution >= 0.6 is 0 Å². The van der Waals surface area contributed by atoms with Crippen LogP contribution in [0.2, 0.25) is 0 Å². The maximum absolute atomic E-state index is 14.3. The van der Waals surface area contributed by atoms with Crippen molar-refractivity contribution >= 4 is 15.7 Å². The zero-order chi connectivity index (χ0) is 24.6. The van der Waals surface area contributed by atoms with Gasteiger partial charge in [-0.15, -0.1) is 0 Å². The lowest BCUT2D eigenvalue weighted by atomic mass is 10.0. The van der Waals surface area contributed by atoms with Gasteiger partial charge in [-0.3, -0.25) is 9.10 Å². The van der Waals surface area contributed by atoms with Crippen LogP contribution in [-0.2, 0) is 21.8 Å². The minimum atomic E-state index is -3.61. The van der Waals surface area contributed by atoms with Crippen molar-refractivity contribution in [2.24, 2.45) is 13.0 Å². The summed E-state index contributed by atoms with van der Waals surface area (Å²) in [6, 6.07) is 9.34. The van der Waals surface area contributed by atoms with Gasteiger partial charge in [0.1, 0.15) is 11.6 Å². The molecule has 10 heteroatoms. The number of halogens is 2. The molecule has 0 saturated carbocycles. The molecule has 0 spiro atoms. The van der Waals surface area contributed by atoms with E-state index in [1.807, 2.05) is 0 Å². The third-order valence-corrected chi connectivity index (χ3v) is 6.73. The molecule has 0 aliphatic carbocycles. The third kappa shape index (κ3) is 4.97. The highest BCUT2D eigenvalue weighted by Gasteiger charge is 2.27. The molecule has 1 saturated heterocycles. The van der Waals surface area contributed by atoms with Gasteiger partial charge in [-0.1, -0.05) is 0 Å². The Kier molecular flexibility index (Phi) is 6.46. The zero-order valence-electron chi connectivity index (χ0n) is 18.9. The topological polar surface area (TPSA) is 77.8 Å². The molecule has 0 unspecified atom stereocenters. The summed E-state index contributed by atoms with van der Waals surface area (Å²) in [5.41, 5.74) is 1.69. The zero-order valence-corrected chi connectivity index (χ0v) is 19.7. The van der Waals surface area contributed by atoms with Crippen LogP contribution in [-0.4, -0.2) is 39.0 Å². The van der Waals surface area contributed by atoms with Crippen LogP contribution < -0.4 is 14.6 Å². The van der Waals surface area contributed by atoms with Gasteiger partial charge in [0.2, 0.25) is 10.0 Å². The largest absolute Gasteiger partial charge is 0.454 e. The van der Waals surface area contributed by atoms with E-state index in [9.17, 15) is 22.0 Å². The van der Waals surface area contributed by atoms with Gasteiger partial charge in [0.25, 0.3) is 5.56 Å². The van der Waals surface area contributed by atoms with Crippen LogP contribution in [0, 0.1) is 24.5 Å². The lowest BCUT2D eigenvalue weighted by Crippen LogP contribution is -2.42. The summed E-state index contributed by atoms with van der Waals surface area (Å²) in [5, 5.41) is 0. The molecular weight excluding hydrogens is 466 g/mol. The van der Waals surface area contributed by atoms with Crippen LogP contribution in [0.25, 0.3) is 11.1 Å². The van der Waals surface area contributed by atoms with Crippen molar-refractivity contribution in [1.82, 2.24) is 4.57 Å². The summed E-state index contributed by atoms with van der Waals surface area (Å²) in [5.74, 6) is -1.52. The second-order valence-electron chi connectivity index (χ2n) is 8.38. The Morgan fingerprint density at radius 1 is 1.12 bits per heavy atom. The van der Waals surface area contributed by atoms with Crippen molar-refractivity contribution < 1.29 is 26.7 Å². The van der Waals surface area contributed by atoms with E-state index < -0.39 is 21.7 Å². The van der Waals surface area contributed by atoms with Gasteiger partial charge in [-0.2, -0.15) is 0 Å². The molecule has 2 aromatic carbocycles. The minimum Gasteiger partial charge on any atom is -0.454 e. The number of rotatable bonds is 7. The molecule has 1 aromatic heterocycles. The fraction of sp³-hybridized carbons (Fsp3) is 0.292. The van der Waals surface area contributed by atoms with Gasteiger partial charge >= 0.3 is 0 Å². The SMILES string of the molecule is Cc1cc(-c2cc(N(CC3COC3)S(C)(=O)=O)ccc2Oc2ccc(F)cc2F)cn(C)c1=O. The Balaban J connectivity index is 1.85. The second kappa shape index (κ2) is 9.19. The summed E-state index contributed by atoms with van der Waals surface area (Å²) in [7, 11) is -2.01. The molecule has 1 aliphatic rings. The second-order valence-corrected chi connectivity index (χ2v) is 10.3. The Hall–Kier alpha value is -3.24. The standard InChI is InChI=1S/C24H24F2N2O5S/c1-15-8-17(12-27(2)24(15)29)20-10-19(28(34(3,30)31)11-16-13-32-14-16)5-7-22(20)33-23-6-4-18(25)9-21(23)26/h4-10,12,16H,11,13-14H2,1-3H3. The molecule has 4 rings (SSSR count). The molecule has 0 amide bonds. The number of hydrogen-bond acceptors (Lipinski definition) is 5. The molecule has 1 aliphatic heterocycles. The average molecular weight is 491 g/mol. The number of anilines is 1. The van der Waals surface area contributed by atoms with Crippen molar-refractivity contribution in [3.8, 4) is 22.6 Å². The third-order valence-electron chi connectivity index (χ3n) is 5.57. The molecule has 0 radical (unpaired) electrons. The summed E-state index contributed by atoms with van der Waals surface area (Å²) in [6.07, 6.45) is 2.72. The molecule has 1 fully saturated rings. The predicted molar refractivity (Wildman–Crippen MR) is 125 cm³/mol. The van der Waals surface area contributed by atoms with E-state index in [0.717, 1.165) is 12.3 Å². The Labute approximate surface area is 196 Å². The molecule has 34 heavy (non-hydrogen) atoms. The minimum absolute atomic E-state index is 0.0715. The van der Waals surface area contributed by atoms with Crippen molar-refractivity contribution in [3.05, 3.63) is 76.2 Å². The summed E-state index contributed by atoms with van der Waals surface area (Å²) >= 11 is 0. The van der Waals surface area contributed by atoms with Crippen molar-refractivity contribution in [2.75, 3.05) is 30.3 Å². The first-order valence-corrected chi connectivity index (χ1v) is 12.4. The van der Waals surface area contributed by atoms with Crippen LogP contribution in [0.4, 0.5) is 14.5 Å². The van der Waals surface area contributed by atoms with E-state index in [-0.39, 0.29) is 29.5 Å². The lowest BCUT2D eigenvalue weighted by molar-refractivity contribution is -0.0262. The van der Waals surface area contributed by atoms with Crippen LogP contribution in [0.5, 0.6) is 11.5 Å². The first-order chi connectivity index (χ1) is 16.0. The normalized spacial score (nSPS) is 14.0. The highest BCUT2D eigenvalue weighted by molar-refractivity contribution is 7.92. The molecule has 2 heterocycles. The molecule has 0 N–H and O–H groups in total. The van der Waals surface area contributed by atoms with Crippen molar-refractivity contribution in [2.45, 2.75) is 6.92 Å². The summed E-state index contributed by atoms with van der Waals surface area (Å²) in [4.78, 5) is 12.2. The van der Waals surface area contributed by atoms with Gasteiger partial charge in [0, 0.05) is 48.5 Å². The van der Waals surface area contributed by atoms with Gasteiger partial charge < -0.3 is 14.0 Å². The smallest absolute Gasteiger partial charge is 0.253 e. The first-order valence-electron chi connectivity index (χ1n) is 10.5. The van der Waals surface area contributed by atoms with Crippen LogP contribution in [0.1, 0.15) is 5.56 Å². The van der Waals surface area contributed by atoms with Crippen LogP contribution in [0.3, 0.4) is 0 Å². The highest BCUT2D eigenvalue weighted by atomic mass is 32.2. The van der Waals surface area contributed by atoms with Gasteiger partial charge in [0.05, 0.1) is 25.2 Å². The highest BCUT2D eigenvalue weighted by Crippen LogP contribution is 2.38. The fourth-order valence-corrected chi connectivity index (χ4v) is 4.72. The molecule has 7 nitrogen and oxygen atoms in total. The molecule has 0 bridgehead atoms. The summed E-state index contributed by atoms with van der Waals surface area (Å²) < 4.78 is 66.5.